The van der Waals surface area contributed by atoms with Crippen molar-refractivity contribution in [2.45, 2.75) is 51.6 Å². The first-order chi connectivity index (χ1) is 10.5. The summed E-state index contributed by atoms with van der Waals surface area (Å²) < 4.78 is 10.3. The molecule has 0 radical (unpaired) electrons. The van der Waals surface area contributed by atoms with Crippen molar-refractivity contribution in [3.8, 4) is 0 Å². The highest BCUT2D eigenvalue weighted by Crippen LogP contribution is 2.20. The number of ether oxygens (including phenoxy) is 1. The van der Waals surface area contributed by atoms with E-state index in [1.807, 2.05) is 19.3 Å². The molecule has 0 aliphatic carbocycles. The maximum atomic E-state index is 11.9. The molecule has 1 saturated heterocycles. The number of amides is 1. The number of allylic oxidation sites excluding steroid dienone is 1. The average molecular weight is 329 g/mol. The van der Waals surface area contributed by atoms with Crippen molar-refractivity contribution in [3.63, 3.8) is 0 Å². The van der Waals surface area contributed by atoms with Crippen LogP contribution in [0.1, 0.15) is 39.5 Å². The summed E-state index contributed by atoms with van der Waals surface area (Å²) in [6, 6.07) is 0. The number of thioether (sulfide) groups is 1. The van der Waals surface area contributed by atoms with Crippen LogP contribution in [0.5, 0.6) is 0 Å². The van der Waals surface area contributed by atoms with Gasteiger partial charge in [0.15, 0.2) is 0 Å². The first-order valence-electron chi connectivity index (χ1n) is 7.47. The molecule has 0 aromatic rings. The molecule has 1 rings (SSSR count). The molecule has 1 amide bonds. The van der Waals surface area contributed by atoms with Gasteiger partial charge in [-0.2, -0.15) is 0 Å². The van der Waals surface area contributed by atoms with Crippen molar-refractivity contribution in [1.29, 1.82) is 0 Å². The summed E-state index contributed by atoms with van der Waals surface area (Å²) in [6.45, 7) is 3.96. The van der Waals surface area contributed by atoms with Crippen molar-refractivity contribution >= 4 is 30.8 Å². The third-order valence-corrected chi connectivity index (χ3v) is 4.35. The zero-order valence-corrected chi connectivity index (χ0v) is 14.1. The third kappa shape index (κ3) is 6.42. The summed E-state index contributed by atoms with van der Waals surface area (Å²) in [4.78, 5) is 24.3. The first kappa shape index (κ1) is 19.1. The molecule has 2 unspecified atom stereocenters. The Morgan fingerprint density at radius 3 is 2.77 bits per heavy atom. The predicted molar refractivity (Wildman–Crippen MR) is 87.1 cm³/mol. The van der Waals surface area contributed by atoms with Crippen molar-refractivity contribution in [2.75, 3.05) is 12.9 Å². The maximum absolute atomic E-state index is 11.9. The van der Waals surface area contributed by atoms with E-state index < -0.39 is 13.1 Å². The lowest BCUT2D eigenvalue weighted by atomic mass is 9.72. The molecular formula is C14H24BNO5S. The minimum atomic E-state index is -1.10. The molecule has 1 heterocycles. The standard InChI is InChI=1S/C14H24BNO5S/c1-4-11(22-3)9-13(17)16-12-7-6-10(21-15(12)19)8-14(18)20-5-2/h4,10,12,19H,5-9H2,1-3H3,(H,16,17). The Balaban J connectivity index is 2.40. The second-order valence-electron chi connectivity index (χ2n) is 5.05. The van der Waals surface area contributed by atoms with E-state index in [0.717, 1.165) is 4.91 Å². The summed E-state index contributed by atoms with van der Waals surface area (Å²) in [5, 5.41) is 12.8. The number of nitrogens with one attached hydrogen (secondary N) is 1. The molecule has 6 nitrogen and oxygen atoms in total. The molecule has 124 valence electrons. The molecule has 1 aliphatic rings. The van der Waals surface area contributed by atoms with Crippen LogP contribution in [0, 0.1) is 0 Å². The summed E-state index contributed by atoms with van der Waals surface area (Å²) >= 11 is 1.53. The van der Waals surface area contributed by atoms with Crippen LogP contribution in [0.4, 0.5) is 0 Å². The van der Waals surface area contributed by atoms with Gasteiger partial charge in [0.05, 0.1) is 31.5 Å². The van der Waals surface area contributed by atoms with Crippen molar-refractivity contribution in [3.05, 3.63) is 11.0 Å². The van der Waals surface area contributed by atoms with Crippen LogP contribution in [-0.2, 0) is 19.0 Å². The fraction of sp³-hybridized carbons (Fsp3) is 0.714. The van der Waals surface area contributed by atoms with Crippen LogP contribution in [0.2, 0.25) is 0 Å². The number of rotatable bonds is 7. The van der Waals surface area contributed by atoms with Crippen LogP contribution < -0.4 is 5.32 Å². The molecule has 1 aliphatic heterocycles. The Morgan fingerprint density at radius 1 is 1.50 bits per heavy atom. The fourth-order valence-corrected chi connectivity index (χ4v) is 2.79. The summed E-state index contributed by atoms with van der Waals surface area (Å²) in [5.41, 5.74) is 0. The lowest BCUT2D eigenvalue weighted by Crippen LogP contribution is -2.53. The molecule has 1 fully saturated rings. The summed E-state index contributed by atoms with van der Waals surface area (Å²) in [6.07, 6.45) is 5.04. The smallest absolute Gasteiger partial charge is 0.466 e. The van der Waals surface area contributed by atoms with Gasteiger partial charge < -0.3 is 19.7 Å². The van der Waals surface area contributed by atoms with Gasteiger partial charge in [-0.3, -0.25) is 9.59 Å². The minimum Gasteiger partial charge on any atom is -0.466 e. The third-order valence-electron chi connectivity index (χ3n) is 3.44. The largest absolute Gasteiger partial charge is 0.478 e. The molecule has 8 heteroatoms. The zero-order chi connectivity index (χ0) is 16.5. The Bertz CT molecular complexity index is 418. The number of esters is 1. The maximum Gasteiger partial charge on any atom is 0.478 e. The minimum absolute atomic E-state index is 0.126. The lowest BCUT2D eigenvalue weighted by molar-refractivity contribution is -0.145. The molecule has 2 atom stereocenters. The van der Waals surface area contributed by atoms with E-state index in [-0.39, 0.29) is 24.4 Å². The molecule has 0 aromatic carbocycles. The van der Waals surface area contributed by atoms with Crippen LogP contribution in [0.25, 0.3) is 0 Å². The lowest BCUT2D eigenvalue weighted by Gasteiger charge is -2.31. The zero-order valence-electron chi connectivity index (χ0n) is 13.3. The highest BCUT2D eigenvalue weighted by atomic mass is 32.2. The van der Waals surface area contributed by atoms with E-state index in [2.05, 4.69) is 5.32 Å². The van der Waals surface area contributed by atoms with E-state index in [0.29, 0.717) is 25.9 Å². The van der Waals surface area contributed by atoms with E-state index in [9.17, 15) is 14.6 Å². The van der Waals surface area contributed by atoms with Gasteiger partial charge in [0.2, 0.25) is 5.91 Å². The number of carbonyl (C=O) groups excluding carboxylic acids is 2. The monoisotopic (exact) mass is 329 g/mol. The average Bonchev–Trinajstić information content (AvgIpc) is 2.47. The number of carbonyl (C=O) groups is 2. The Hall–Kier alpha value is -0.985. The molecule has 0 aromatic heterocycles. The highest BCUT2D eigenvalue weighted by Gasteiger charge is 2.36. The summed E-state index contributed by atoms with van der Waals surface area (Å²) in [5.74, 6) is -0.912. The molecule has 0 spiro atoms. The van der Waals surface area contributed by atoms with Gasteiger partial charge in [-0.05, 0) is 37.9 Å². The van der Waals surface area contributed by atoms with Gasteiger partial charge >= 0.3 is 13.1 Å². The topological polar surface area (TPSA) is 84.9 Å². The van der Waals surface area contributed by atoms with Gasteiger partial charge in [-0.1, -0.05) is 6.08 Å². The van der Waals surface area contributed by atoms with Crippen LogP contribution in [0.15, 0.2) is 11.0 Å². The molecular weight excluding hydrogens is 305 g/mol. The van der Waals surface area contributed by atoms with E-state index in [1.165, 1.54) is 11.8 Å². The second-order valence-corrected chi connectivity index (χ2v) is 5.98. The van der Waals surface area contributed by atoms with Gasteiger partial charge in [-0.15, -0.1) is 11.8 Å². The van der Waals surface area contributed by atoms with Crippen LogP contribution in [0.3, 0.4) is 0 Å². The molecule has 2 N–H and O–H groups in total. The Kier molecular flexibility index (Phi) is 8.59. The quantitative estimate of drug-likeness (QED) is 0.541. The normalized spacial score (nSPS) is 22.4. The number of hydrogen-bond acceptors (Lipinski definition) is 6. The fourth-order valence-electron chi connectivity index (χ4n) is 2.28. The van der Waals surface area contributed by atoms with Crippen molar-refractivity contribution < 1.29 is 24.0 Å². The molecule has 0 bridgehead atoms. The van der Waals surface area contributed by atoms with Gasteiger partial charge in [0, 0.05) is 0 Å². The van der Waals surface area contributed by atoms with Crippen LogP contribution in [-0.4, -0.2) is 48.9 Å². The van der Waals surface area contributed by atoms with Crippen molar-refractivity contribution in [2.24, 2.45) is 0 Å². The Morgan fingerprint density at radius 2 is 2.23 bits per heavy atom. The second kappa shape index (κ2) is 9.92. The molecule has 22 heavy (non-hydrogen) atoms. The van der Waals surface area contributed by atoms with Crippen molar-refractivity contribution in [1.82, 2.24) is 5.32 Å². The predicted octanol–water partition coefficient (Wildman–Crippen LogP) is 1.28. The van der Waals surface area contributed by atoms with E-state index in [1.54, 1.807) is 6.92 Å². The van der Waals surface area contributed by atoms with E-state index in [4.69, 9.17) is 9.39 Å². The summed E-state index contributed by atoms with van der Waals surface area (Å²) in [7, 11) is -1.10. The highest BCUT2D eigenvalue weighted by molar-refractivity contribution is 8.02. The number of hydrogen-bond donors (Lipinski definition) is 2. The van der Waals surface area contributed by atoms with Gasteiger partial charge in [0.25, 0.3) is 0 Å². The van der Waals surface area contributed by atoms with Gasteiger partial charge in [0.1, 0.15) is 0 Å². The Labute approximate surface area is 136 Å². The van der Waals surface area contributed by atoms with Crippen LogP contribution >= 0.6 is 11.8 Å². The first-order valence-corrected chi connectivity index (χ1v) is 8.70. The van der Waals surface area contributed by atoms with Gasteiger partial charge in [-0.25, -0.2) is 0 Å². The SMILES string of the molecule is CC=C(CC(=O)NC1CCC(CC(=O)OCC)OB1O)SC. The van der Waals surface area contributed by atoms with E-state index >= 15 is 0 Å². The molecule has 0 saturated carbocycles.